The quantitative estimate of drug-likeness (QED) is 0.710. The minimum Gasteiger partial charge on any atom is -0.347 e. The van der Waals surface area contributed by atoms with Crippen molar-refractivity contribution in [2.75, 3.05) is 20.0 Å². The molecule has 5 nitrogen and oxygen atoms in total. The minimum absolute atomic E-state index is 0.213. The van der Waals surface area contributed by atoms with Crippen molar-refractivity contribution in [3.05, 3.63) is 0 Å². The van der Waals surface area contributed by atoms with E-state index in [4.69, 9.17) is 24.0 Å². The second-order valence-corrected chi connectivity index (χ2v) is 4.96. The number of hydrogen-bond acceptors (Lipinski definition) is 5. The molecule has 0 aromatic rings. The van der Waals surface area contributed by atoms with E-state index in [0.717, 1.165) is 32.5 Å². The molecule has 0 aromatic heterocycles. The average molecular weight is 244 g/mol. The molecule has 98 valence electrons. The summed E-state index contributed by atoms with van der Waals surface area (Å²) in [6.07, 6.45) is 6.31. The number of rotatable bonds is 3. The van der Waals surface area contributed by atoms with Gasteiger partial charge in [-0.25, -0.2) is 9.78 Å². The SMILES string of the molecule is C1CCC2(OCCO2)C(CCC2OCOO2)C1. The zero-order valence-corrected chi connectivity index (χ0v) is 10.1. The lowest BCUT2D eigenvalue weighted by Gasteiger charge is -2.39. The topological polar surface area (TPSA) is 46.2 Å². The fraction of sp³-hybridized carbons (Fsp3) is 1.00. The van der Waals surface area contributed by atoms with Crippen molar-refractivity contribution in [3.8, 4) is 0 Å². The van der Waals surface area contributed by atoms with Gasteiger partial charge in [0.15, 0.2) is 18.9 Å². The van der Waals surface area contributed by atoms with E-state index >= 15 is 0 Å². The first-order valence-corrected chi connectivity index (χ1v) is 6.57. The van der Waals surface area contributed by atoms with E-state index in [-0.39, 0.29) is 18.9 Å². The Morgan fingerprint density at radius 1 is 1.06 bits per heavy atom. The van der Waals surface area contributed by atoms with Crippen LogP contribution in [0, 0.1) is 5.92 Å². The molecule has 2 heterocycles. The molecular formula is C12H20O5. The van der Waals surface area contributed by atoms with Gasteiger partial charge in [-0.1, -0.05) is 6.42 Å². The smallest absolute Gasteiger partial charge is 0.194 e. The molecule has 0 bridgehead atoms. The standard InChI is InChI=1S/C12H20O5/c1-2-6-12(14-7-8-15-12)10(3-1)4-5-11-13-9-16-17-11/h10-11H,1-9H2. The fourth-order valence-corrected chi connectivity index (χ4v) is 3.10. The first-order chi connectivity index (χ1) is 8.39. The van der Waals surface area contributed by atoms with Gasteiger partial charge in [-0.2, -0.15) is 0 Å². The van der Waals surface area contributed by atoms with Crippen LogP contribution in [0.15, 0.2) is 0 Å². The molecule has 2 aliphatic heterocycles. The van der Waals surface area contributed by atoms with Gasteiger partial charge in [0.05, 0.1) is 13.2 Å². The Labute approximate surface area is 101 Å². The Morgan fingerprint density at radius 2 is 1.94 bits per heavy atom. The van der Waals surface area contributed by atoms with Gasteiger partial charge in [0.2, 0.25) is 0 Å². The Balaban J connectivity index is 1.55. The van der Waals surface area contributed by atoms with Crippen LogP contribution in [0.5, 0.6) is 0 Å². The zero-order chi connectivity index (χ0) is 11.6. The molecule has 0 radical (unpaired) electrons. The van der Waals surface area contributed by atoms with Crippen LogP contribution < -0.4 is 0 Å². The van der Waals surface area contributed by atoms with Gasteiger partial charge >= 0.3 is 0 Å². The molecule has 17 heavy (non-hydrogen) atoms. The molecule has 1 saturated carbocycles. The van der Waals surface area contributed by atoms with Crippen LogP contribution in [-0.4, -0.2) is 32.1 Å². The molecule has 0 N–H and O–H groups in total. The third kappa shape index (κ3) is 2.48. The fourth-order valence-electron chi connectivity index (χ4n) is 3.10. The third-order valence-electron chi connectivity index (χ3n) is 3.95. The van der Waals surface area contributed by atoms with Crippen LogP contribution in [0.1, 0.15) is 38.5 Å². The van der Waals surface area contributed by atoms with E-state index < -0.39 is 0 Å². The maximum atomic E-state index is 5.87. The Hall–Kier alpha value is -0.200. The highest BCUT2D eigenvalue weighted by molar-refractivity contribution is 4.86. The van der Waals surface area contributed by atoms with E-state index in [1.807, 2.05) is 0 Å². The van der Waals surface area contributed by atoms with Crippen molar-refractivity contribution < 1.29 is 24.0 Å². The van der Waals surface area contributed by atoms with E-state index in [2.05, 4.69) is 0 Å². The van der Waals surface area contributed by atoms with Crippen molar-refractivity contribution in [1.29, 1.82) is 0 Å². The second-order valence-electron chi connectivity index (χ2n) is 4.96. The van der Waals surface area contributed by atoms with Crippen molar-refractivity contribution >= 4 is 0 Å². The lowest BCUT2D eigenvalue weighted by molar-refractivity contribution is -0.280. The first kappa shape index (κ1) is 11.9. The van der Waals surface area contributed by atoms with Crippen molar-refractivity contribution in [2.24, 2.45) is 5.92 Å². The second kappa shape index (κ2) is 5.20. The van der Waals surface area contributed by atoms with E-state index in [1.165, 1.54) is 19.3 Å². The van der Waals surface area contributed by atoms with Gasteiger partial charge in [0, 0.05) is 18.8 Å². The Kier molecular flexibility index (Phi) is 3.63. The van der Waals surface area contributed by atoms with Gasteiger partial charge in [0.25, 0.3) is 0 Å². The summed E-state index contributed by atoms with van der Waals surface area (Å²) in [5.41, 5.74) is 0. The Bertz CT molecular complexity index is 245. The van der Waals surface area contributed by atoms with Crippen LogP contribution in [-0.2, 0) is 24.0 Å². The van der Waals surface area contributed by atoms with Gasteiger partial charge < -0.3 is 14.2 Å². The van der Waals surface area contributed by atoms with Crippen LogP contribution >= 0.6 is 0 Å². The van der Waals surface area contributed by atoms with Crippen molar-refractivity contribution in [2.45, 2.75) is 50.6 Å². The lowest BCUT2D eigenvalue weighted by atomic mass is 9.80. The molecule has 2 saturated heterocycles. The van der Waals surface area contributed by atoms with Gasteiger partial charge in [-0.15, -0.1) is 0 Å². The van der Waals surface area contributed by atoms with Crippen LogP contribution in [0.2, 0.25) is 0 Å². The normalized spacial score (nSPS) is 36.7. The summed E-state index contributed by atoms with van der Waals surface area (Å²) in [4.78, 5) is 9.72. The molecule has 3 aliphatic rings. The number of hydrogen-bond donors (Lipinski definition) is 0. The Morgan fingerprint density at radius 3 is 2.71 bits per heavy atom. The largest absolute Gasteiger partial charge is 0.347 e. The maximum Gasteiger partial charge on any atom is 0.194 e. The lowest BCUT2D eigenvalue weighted by Crippen LogP contribution is -2.42. The molecule has 1 spiro atoms. The van der Waals surface area contributed by atoms with Gasteiger partial charge in [-0.3, -0.25) is 0 Å². The predicted octanol–water partition coefficient (Wildman–Crippen LogP) is 1.96. The summed E-state index contributed by atoms with van der Waals surface area (Å²) >= 11 is 0. The van der Waals surface area contributed by atoms with Crippen molar-refractivity contribution in [1.82, 2.24) is 0 Å². The van der Waals surface area contributed by atoms with Crippen LogP contribution in [0.4, 0.5) is 0 Å². The molecule has 0 amide bonds. The van der Waals surface area contributed by atoms with Crippen molar-refractivity contribution in [3.63, 3.8) is 0 Å². The first-order valence-electron chi connectivity index (χ1n) is 6.57. The molecule has 3 rings (SSSR count). The van der Waals surface area contributed by atoms with Gasteiger partial charge in [0.1, 0.15) is 0 Å². The monoisotopic (exact) mass is 244 g/mol. The molecule has 3 fully saturated rings. The van der Waals surface area contributed by atoms with Crippen LogP contribution in [0.3, 0.4) is 0 Å². The number of ether oxygens (including phenoxy) is 3. The van der Waals surface area contributed by atoms with E-state index in [0.29, 0.717) is 5.92 Å². The summed E-state index contributed by atoms with van der Waals surface area (Å²) in [7, 11) is 0. The highest BCUT2D eigenvalue weighted by atomic mass is 17.3. The summed E-state index contributed by atoms with van der Waals surface area (Å²) < 4.78 is 17.0. The summed E-state index contributed by atoms with van der Waals surface area (Å²) in [5, 5.41) is 0. The molecule has 5 heteroatoms. The zero-order valence-electron chi connectivity index (χ0n) is 10.1. The average Bonchev–Trinajstić information content (AvgIpc) is 3.00. The molecule has 1 aliphatic carbocycles. The van der Waals surface area contributed by atoms with E-state index in [9.17, 15) is 0 Å². The molecule has 0 aromatic carbocycles. The van der Waals surface area contributed by atoms with Crippen LogP contribution in [0.25, 0.3) is 0 Å². The summed E-state index contributed by atoms with van der Waals surface area (Å²) in [5.74, 6) is 0.157. The third-order valence-corrected chi connectivity index (χ3v) is 3.95. The summed E-state index contributed by atoms with van der Waals surface area (Å²) in [6.45, 7) is 1.71. The van der Waals surface area contributed by atoms with Gasteiger partial charge in [-0.05, 0) is 19.3 Å². The molecule has 2 unspecified atom stereocenters. The molecular weight excluding hydrogens is 224 g/mol. The highest BCUT2D eigenvalue weighted by Gasteiger charge is 2.45. The minimum atomic E-state index is -0.308. The predicted molar refractivity (Wildman–Crippen MR) is 57.7 cm³/mol. The molecule has 2 atom stereocenters. The highest BCUT2D eigenvalue weighted by Crippen LogP contribution is 2.43. The summed E-state index contributed by atoms with van der Waals surface area (Å²) in [6, 6.07) is 0. The van der Waals surface area contributed by atoms with E-state index in [1.54, 1.807) is 0 Å². The maximum absolute atomic E-state index is 5.87.